The fourth-order valence-electron chi connectivity index (χ4n) is 9.74. The Bertz CT molecular complexity index is 3180. The van der Waals surface area contributed by atoms with Crippen molar-refractivity contribution in [1.82, 2.24) is 4.57 Å². The number of nitrogens with zero attached hydrogens (tertiary/aromatic N) is 1. The Kier molecular flexibility index (Phi) is 6.47. The molecule has 0 radical (unpaired) electrons. The minimum atomic E-state index is -0.244. The first-order chi connectivity index (χ1) is 25.2. The van der Waals surface area contributed by atoms with E-state index in [0.29, 0.717) is 22.4 Å². The molecule has 0 aliphatic carbocycles. The second kappa shape index (κ2) is 10.9. The maximum Gasteiger partial charge on any atom is 0.266 e. The summed E-state index contributed by atoms with van der Waals surface area (Å²) in [5.41, 5.74) is 10.3. The van der Waals surface area contributed by atoms with Gasteiger partial charge in [-0.1, -0.05) is 99.1 Å². The van der Waals surface area contributed by atoms with Crippen molar-refractivity contribution in [2.75, 3.05) is 0 Å². The molecule has 0 amide bonds. The molecule has 9 aromatic carbocycles. The van der Waals surface area contributed by atoms with E-state index in [4.69, 9.17) is 0 Å². The van der Waals surface area contributed by atoms with Gasteiger partial charge in [0.1, 0.15) is 0 Å². The normalized spacial score (nSPS) is 13.0. The van der Waals surface area contributed by atoms with Crippen molar-refractivity contribution in [2.45, 2.75) is 60.3 Å². The maximum atomic E-state index is 15.1. The number of hydrogen-bond donors (Lipinski definition) is 0. The summed E-state index contributed by atoms with van der Waals surface area (Å²) >= 11 is 0. The summed E-state index contributed by atoms with van der Waals surface area (Å²) in [5, 5.41) is 12.1. The highest BCUT2D eigenvalue weighted by Gasteiger charge is 2.30. The van der Waals surface area contributed by atoms with Crippen LogP contribution in [0.25, 0.3) is 92.6 Å². The van der Waals surface area contributed by atoms with Crippen molar-refractivity contribution in [3.8, 4) is 27.9 Å². The molecule has 0 bridgehead atoms. The van der Waals surface area contributed by atoms with E-state index in [1.165, 1.54) is 53.6 Å². The number of hydrogen-bond acceptors (Lipinski definition) is 2. The smallest absolute Gasteiger partial charge is 0.266 e. The standard InChI is InChI=1S/C49H39NO2/c1-7-12-26(3)31-14-10-11-16-33(31)37-24-39-45-43-35(37)20-18-30-17-19-34-36(32-15-9-8-13-27(32)4)23-38(44(45)42(34)41(30)43)46-47(39)49(52)50(48(46)51)40-22-25(2)21-28(5)29(40)6/h8-11,13-24,26H,7,12H2,1-6H3. The highest BCUT2D eigenvalue weighted by atomic mass is 16.2. The third kappa shape index (κ3) is 3.91. The molecule has 252 valence electrons. The lowest BCUT2D eigenvalue weighted by molar-refractivity contribution is 0.666. The number of aromatic nitrogens is 1. The molecular weight excluding hydrogens is 635 g/mol. The van der Waals surface area contributed by atoms with E-state index in [2.05, 4.69) is 119 Å². The quantitative estimate of drug-likeness (QED) is 0.165. The van der Waals surface area contributed by atoms with Crippen LogP contribution in [0.15, 0.2) is 107 Å². The van der Waals surface area contributed by atoms with Crippen molar-refractivity contribution in [3.05, 3.63) is 146 Å². The van der Waals surface area contributed by atoms with Gasteiger partial charge in [-0.3, -0.25) is 9.59 Å². The number of fused-ring (bicyclic) bond motifs is 3. The van der Waals surface area contributed by atoms with Crippen LogP contribution in [0.5, 0.6) is 0 Å². The average Bonchev–Trinajstić information content (AvgIpc) is 3.64. The fraction of sp³-hybridized carbons (Fsp3) is 0.184. The first kappa shape index (κ1) is 31.0. The lowest BCUT2D eigenvalue weighted by Gasteiger charge is -2.19. The minimum Gasteiger partial charge on any atom is -0.268 e. The second-order valence-corrected chi connectivity index (χ2v) is 15.3. The first-order valence-corrected chi connectivity index (χ1v) is 18.6. The first-order valence-electron chi connectivity index (χ1n) is 18.6. The van der Waals surface area contributed by atoms with Crippen LogP contribution < -0.4 is 11.1 Å². The summed E-state index contributed by atoms with van der Waals surface area (Å²) in [6.45, 7) is 12.8. The van der Waals surface area contributed by atoms with Gasteiger partial charge in [0, 0.05) is 0 Å². The Morgan fingerprint density at radius 1 is 0.538 bits per heavy atom. The molecule has 0 saturated heterocycles. The average molecular weight is 674 g/mol. The van der Waals surface area contributed by atoms with Crippen LogP contribution in [-0.4, -0.2) is 4.57 Å². The molecule has 0 N–H and O–H groups in total. The predicted molar refractivity (Wildman–Crippen MR) is 221 cm³/mol. The third-order valence-electron chi connectivity index (χ3n) is 12.2. The Balaban J connectivity index is 1.49. The Morgan fingerprint density at radius 3 is 1.71 bits per heavy atom. The molecule has 10 aromatic rings. The van der Waals surface area contributed by atoms with Gasteiger partial charge >= 0.3 is 0 Å². The molecule has 0 aliphatic heterocycles. The van der Waals surface area contributed by atoms with Crippen molar-refractivity contribution in [3.63, 3.8) is 0 Å². The van der Waals surface area contributed by atoms with Gasteiger partial charge in [-0.2, -0.15) is 0 Å². The molecule has 0 aliphatic rings. The Morgan fingerprint density at radius 2 is 1.10 bits per heavy atom. The molecule has 0 spiro atoms. The SMILES string of the molecule is CCCC(C)c1ccccc1-c1cc2c3c(=O)n(-c4cc(C)cc(C)c4C)c(=O)c3c3cc(-c4ccccc4C)c4ccc5ccc1c1c5c4c3c21. The van der Waals surface area contributed by atoms with Crippen molar-refractivity contribution in [1.29, 1.82) is 0 Å². The molecule has 1 heterocycles. The van der Waals surface area contributed by atoms with Gasteiger partial charge in [-0.05, 0) is 162 Å². The molecular formula is C49H39NO2. The summed E-state index contributed by atoms with van der Waals surface area (Å²) in [6, 6.07) is 34.9. The van der Waals surface area contributed by atoms with Crippen molar-refractivity contribution >= 4 is 64.6 Å². The second-order valence-electron chi connectivity index (χ2n) is 15.3. The molecule has 1 atom stereocenters. The summed E-state index contributed by atoms with van der Waals surface area (Å²) < 4.78 is 1.46. The lowest BCUT2D eigenvalue weighted by Crippen LogP contribution is -2.24. The topological polar surface area (TPSA) is 39.1 Å². The van der Waals surface area contributed by atoms with Gasteiger partial charge in [0.25, 0.3) is 11.1 Å². The molecule has 0 saturated carbocycles. The van der Waals surface area contributed by atoms with E-state index < -0.39 is 0 Å². The van der Waals surface area contributed by atoms with Crippen molar-refractivity contribution < 1.29 is 0 Å². The van der Waals surface area contributed by atoms with E-state index >= 15 is 9.59 Å². The number of rotatable bonds is 6. The maximum absolute atomic E-state index is 15.1. The molecule has 0 fully saturated rings. The van der Waals surface area contributed by atoms with Gasteiger partial charge in [0.15, 0.2) is 0 Å². The van der Waals surface area contributed by atoms with Crippen molar-refractivity contribution in [2.24, 2.45) is 0 Å². The largest absolute Gasteiger partial charge is 0.268 e. The third-order valence-corrected chi connectivity index (χ3v) is 12.2. The minimum absolute atomic E-state index is 0.242. The Hall–Kier alpha value is -5.80. The predicted octanol–water partition coefficient (Wildman–Crippen LogP) is 12.3. The molecule has 1 unspecified atom stereocenters. The molecule has 3 heteroatoms. The van der Waals surface area contributed by atoms with Crippen LogP contribution in [0.3, 0.4) is 0 Å². The van der Waals surface area contributed by atoms with E-state index in [1.54, 1.807) is 0 Å². The van der Waals surface area contributed by atoms with Gasteiger partial charge in [0.05, 0.1) is 16.5 Å². The van der Waals surface area contributed by atoms with Crippen LogP contribution >= 0.6 is 0 Å². The zero-order valence-corrected chi connectivity index (χ0v) is 30.5. The molecule has 1 aromatic heterocycles. The highest BCUT2D eigenvalue weighted by Crippen LogP contribution is 2.54. The van der Waals surface area contributed by atoms with E-state index in [-0.39, 0.29) is 11.1 Å². The van der Waals surface area contributed by atoms with E-state index in [9.17, 15) is 0 Å². The van der Waals surface area contributed by atoms with E-state index in [0.717, 1.165) is 67.8 Å². The summed E-state index contributed by atoms with van der Waals surface area (Å²) in [6.07, 6.45) is 2.19. The lowest BCUT2D eigenvalue weighted by atomic mass is 9.85. The van der Waals surface area contributed by atoms with Gasteiger partial charge in [-0.15, -0.1) is 0 Å². The van der Waals surface area contributed by atoms with E-state index in [1.807, 2.05) is 19.9 Å². The zero-order valence-electron chi connectivity index (χ0n) is 30.5. The van der Waals surface area contributed by atoms with Crippen LogP contribution in [0.1, 0.15) is 60.4 Å². The van der Waals surface area contributed by atoms with Crippen LogP contribution in [0, 0.1) is 27.7 Å². The highest BCUT2D eigenvalue weighted by molar-refractivity contribution is 6.50. The van der Waals surface area contributed by atoms with Crippen LogP contribution in [-0.2, 0) is 0 Å². The number of aryl methyl sites for hydroxylation is 3. The number of benzene rings is 8. The molecule has 3 nitrogen and oxygen atoms in total. The molecule has 52 heavy (non-hydrogen) atoms. The Labute approximate surface area is 302 Å². The zero-order chi connectivity index (χ0) is 35.7. The summed E-state index contributed by atoms with van der Waals surface area (Å²) in [4.78, 5) is 30.3. The van der Waals surface area contributed by atoms with Gasteiger partial charge in [0.2, 0.25) is 0 Å². The van der Waals surface area contributed by atoms with Crippen LogP contribution in [0.4, 0.5) is 0 Å². The summed E-state index contributed by atoms with van der Waals surface area (Å²) in [5.74, 6) is 0.373. The van der Waals surface area contributed by atoms with Crippen LogP contribution in [0.2, 0.25) is 0 Å². The summed E-state index contributed by atoms with van der Waals surface area (Å²) in [7, 11) is 0. The van der Waals surface area contributed by atoms with Gasteiger partial charge in [-0.25, -0.2) is 4.57 Å². The molecule has 10 rings (SSSR count). The fourth-order valence-corrected chi connectivity index (χ4v) is 9.74. The van der Waals surface area contributed by atoms with Gasteiger partial charge < -0.3 is 0 Å². The monoisotopic (exact) mass is 673 g/mol.